The van der Waals surface area contributed by atoms with Crippen molar-refractivity contribution in [3.63, 3.8) is 0 Å². The number of carboxylic acids is 1. The van der Waals surface area contributed by atoms with Crippen LogP contribution in [0.1, 0.15) is 5.69 Å². The van der Waals surface area contributed by atoms with Crippen LogP contribution in [0.2, 0.25) is 0 Å². The minimum atomic E-state index is -1.72. The molecule has 70 valence electrons. The molecule has 0 saturated heterocycles. The van der Waals surface area contributed by atoms with Crippen LogP contribution in [-0.2, 0) is 11.2 Å². The molecule has 0 aliphatic heterocycles. The Kier molecular flexibility index (Phi) is 2.68. The second kappa shape index (κ2) is 3.74. The maximum atomic E-state index is 12.1. The van der Waals surface area contributed by atoms with E-state index in [4.69, 9.17) is 5.11 Å². The Morgan fingerprint density at radius 1 is 1.85 bits per heavy atom. The van der Waals surface area contributed by atoms with Crippen LogP contribution >= 0.6 is 0 Å². The number of hydrogen-bond donors (Lipinski definition) is 2. The zero-order valence-electron chi connectivity index (χ0n) is 6.48. The standard InChI is InChI=1S/C6H6FN3O3/c7-10(13)5(6(11)12)1-4-2-8-3-9-4/h2-3,5H,1H2,(H-,8,9,11,12)/p+1. The van der Waals surface area contributed by atoms with Gasteiger partial charge in [-0.05, 0) is 0 Å². The monoisotopic (exact) mass is 188 g/mol. The van der Waals surface area contributed by atoms with Gasteiger partial charge in [0, 0.05) is 11.9 Å². The topological polar surface area (TPSA) is 86.1 Å². The molecule has 0 radical (unpaired) electrons. The van der Waals surface area contributed by atoms with Gasteiger partial charge in [0.1, 0.15) is 4.48 Å². The number of aromatic amines is 1. The Balaban J connectivity index is 2.69. The van der Waals surface area contributed by atoms with E-state index >= 15 is 0 Å². The molecular formula is C6H7FN3O3+. The Labute approximate surface area is 71.9 Å². The Morgan fingerprint density at radius 2 is 2.54 bits per heavy atom. The first-order chi connectivity index (χ1) is 6.11. The van der Waals surface area contributed by atoms with Crippen molar-refractivity contribution >= 4 is 5.97 Å². The normalized spacial score (nSPS) is 12.4. The zero-order chi connectivity index (χ0) is 9.84. The van der Waals surface area contributed by atoms with E-state index < -0.39 is 17.0 Å². The van der Waals surface area contributed by atoms with E-state index in [1.165, 1.54) is 12.5 Å². The van der Waals surface area contributed by atoms with E-state index in [1.807, 2.05) is 0 Å². The van der Waals surface area contributed by atoms with Crippen LogP contribution in [0.3, 0.4) is 0 Å². The van der Waals surface area contributed by atoms with Crippen LogP contribution in [0.15, 0.2) is 12.5 Å². The summed E-state index contributed by atoms with van der Waals surface area (Å²) in [6, 6.07) is -1.72. The average Bonchev–Trinajstić information content (AvgIpc) is 2.50. The van der Waals surface area contributed by atoms with Crippen LogP contribution in [0.5, 0.6) is 0 Å². The van der Waals surface area contributed by atoms with Gasteiger partial charge >= 0.3 is 12.0 Å². The summed E-state index contributed by atoms with van der Waals surface area (Å²) in [5.41, 5.74) is 0.394. The fourth-order valence-electron chi connectivity index (χ4n) is 0.851. The number of H-pyrrole nitrogens is 1. The Morgan fingerprint density at radius 3 is 2.92 bits per heavy atom. The van der Waals surface area contributed by atoms with E-state index in [2.05, 4.69) is 9.97 Å². The summed E-state index contributed by atoms with van der Waals surface area (Å²) in [5, 5.41) is 8.43. The van der Waals surface area contributed by atoms with Crippen molar-refractivity contribution in [1.82, 2.24) is 9.97 Å². The van der Waals surface area contributed by atoms with E-state index in [-0.39, 0.29) is 6.42 Å². The molecule has 1 rings (SSSR count). The maximum Gasteiger partial charge on any atom is 0.383 e. The Bertz CT molecular complexity index is 297. The number of nitroso groups, excluding NO2 is 1. The predicted molar refractivity (Wildman–Crippen MR) is 38.5 cm³/mol. The van der Waals surface area contributed by atoms with Gasteiger partial charge in [-0.3, -0.25) is 0 Å². The van der Waals surface area contributed by atoms with E-state index in [1.54, 1.807) is 0 Å². The molecule has 1 atom stereocenters. The van der Waals surface area contributed by atoms with Crippen molar-refractivity contribution in [2.24, 2.45) is 0 Å². The summed E-state index contributed by atoms with van der Waals surface area (Å²) in [6.45, 7) is 0. The molecule has 0 aliphatic carbocycles. The predicted octanol–water partition coefficient (Wildman–Crippen LogP) is 0.0688. The highest BCUT2D eigenvalue weighted by molar-refractivity contribution is 5.72. The van der Waals surface area contributed by atoms with Gasteiger partial charge in [0.05, 0.1) is 17.7 Å². The lowest BCUT2D eigenvalue weighted by Crippen LogP contribution is -2.30. The van der Waals surface area contributed by atoms with Gasteiger partial charge in [-0.25, -0.2) is 9.78 Å². The Hall–Kier alpha value is -1.79. The van der Waals surface area contributed by atoms with Crippen molar-refractivity contribution in [1.29, 1.82) is 0 Å². The molecule has 0 fully saturated rings. The molecular weight excluding hydrogens is 181 g/mol. The summed E-state index contributed by atoms with van der Waals surface area (Å²) in [6.07, 6.45) is 2.41. The fraction of sp³-hybridized carbons (Fsp3) is 0.333. The van der Waals surface area contributed by atoms with Gasteiger partial charge in [-0.15, -0.1) is 0 Å². The largest absolute Gasteiger partial charge is 0.476 e. The number of halogens is 1. The van der Waals surface area contributed by atoms with E-state index in [9.17, 15) is 14.2 Å². The molecule has 0 aliphatic rings. The lowest BCUT2D eigenvalue weighted by molar-refractivity contribution is -0.744. The van der Waals surface area contributed by atoms with Crippen molar-refractivity contribution in [2.75, 3.05) is 0 Å². The lowest BCUT2D eigenvalue weighted by atomic mass is 10.2. The molecule has 7 heteroatoms. The maximum absolute atomic E-state index is 12.1. The molecule has 1 heterocycles. The van der Waals surface area contributed by atoms with Crippen LogP contribution in [0.4, 0.5) is 4.48 Å². The van der Waals surface area contributed by atoms with Crippen molar-refractivity contribution in [2.45, 2.75) is 12.5 Å². The van der Waals surface area contributed by atoms with E-state index in [0.717, 1.165) is 0 Å². The molecule has 13 heavy (non-hydrogen) atoms. The number of hydrogen-bond acceptors (Lipinski definition) is 3. The molecule has 2 N–H and O–H groups in total. The van der Waals surface area contributed by atoms with Gasteiger partial charge in [0.15, 0.2) is 0 Å². The molecule has 0 aromatic carbocycles. The molecule has 1 aromatic heterocycles. The van der Waals surface area contributed by atoms with Gasteiger partial charge in [0.25, 0.3) is 0 Å². The quantitative estimate of drug-likeness (QED) is 0.654. The molecule has 0 saturated carbocycles. The summed E-state index contributed by atoms with van der Waals surface area (Å²) < 4.78 is 12.1. The summed E-state index contributed by atoms with van der Waals surface area (Å²) in [4.78, 5) is 25.6. The number of carboxylic acid groups (broad SMARTS) is 1. The highest BCUT2D eigenvalue weighted by Crippen LogP contribution is 2.02. The zero-order valence-corrected chi connectivity index (χ0v) is 6.48. The highest BCUT2D eigenvalue weighted by Gasteiger charge is 2.35. The summed E-state index contributed by atoms with van der Waals surface area (Å²) in [5.74, 6) is -1.51. The van der Waals surface area contributed by atoms with Crippen molar-refractivity contribution in [3.8, 4) is 0 Å². The summed E-state index contributed by atoms with van der Waals surface area (Å²) >= 11 is 0. The minimum Gasteiger partial charge on any atom is -0.476 e. The van der Waals surface area contributed by atoms with E-state index in [0.29, 0.717) is 5.69 Å². The molecule has 0 amide bonds. The molecule has 6 nitrogen and oxygen atoms in total. The van der Waals surface area contributed by atoms with Gasteiger partial charge in [-0.2, -0.15) is 0 Å². The molecule has 1 unspecified atom stereocenters. The third kappa shape index (κ3) is 2.32. The van der Waals surface area contributed by atoms with Gasteiger partial charge in [-0.1, -0.05) is 0 Å². The van der Waals surface area contributed by atoms with Gasteiger partial charge < -0.3 is 10.1 Å². The molecule has 0 bridgehead atoms. The number of carbonyl (C=O) groups is 1. The average molecular weight is 188 g/mol. The lowest BCUT2D eigenvalue weighted by Gasteiger charge is -1.95. The van der Waals surface area contributed by atoms with Crippen LogP contribution in [-0.4, -0.2) is 32.1 Å². The first kappa shape index (κ1) is 9.30. The number of aromatic nitrogens is 2. The number of rotatable bonds is 4. The minimum absolute atomic E-state index is 0.241. The number of aliphatic carboxylic acids is 1. The van der Waals surface area contributed by atoms with Crippen molar-refractivity contribution in [3.05, 3.63) is 23.1 Å². The third-order valence-corrected chi connectivity index (χ3v) is 1.50. The molecule has 0 spiro atoms. The number of imidazole rings is 1. The van der Waals surface area contributed by atoms with Crippen LogP contribution < -0.4 is 0 Å². The molecule has 1 aromatic rings. The number of nitrogens with zero attached hydrogens (tertiary/aromatic N) is 2. The third-order valence-electron chi connectivity index (χ3n) is 1.50. The van der Waals surface area contributed by atoms with Crippen LogP contribution in [0, 0.1) is 4.91 Å². The van der Waals surface area contributed by atoms with Crippen molar-refractivity contribution < 1.29 is 19.4 Å². The van der Waals surface area contributed by atoms with Gasteiger partial charge in [0.2, 0.25) is 4.98 Å². The second-order valence-corrected chi connectivity index (χ2v) is 2.41. The number of nitrogens with one attached hydrogen (secondary N) is 1. The first-order valence-corrected chi connectivity index (χ1v) is 3.43. The fourth-order valence-corrected chi connectivity index (χ4v) is 0.851. The highest BCUT2D eigenvalue weighted by atomic mass is 19.2. The summed E-state index contributed by atoms with van der Waals surface area (Å²) in [7, 11) is 0. The van der Waals surface area contributed by atoms with Crippen LogP contribution in [0.25, 0.3) is 0 Å². The SMILES string of the molecule is O=C(O)C(Cc1cnc[nH]1)[N+](=O)F. The first-order valence-electron chi connectivity index (χ1n) is 3.43. The smallest absolute Gasteiger partial charge is 0.383 e. The second-order valence-electron chi connectivity index (χ2n) is 2.41.